The van der Waals surface area contributed by atoms with Gasteiger partial charge < -0.3 is 0 Å². The van der Waals surface area contributed by atoms with E-state index in [1.807, 2.05) is 12.1 Å². The van der Waals surface area contributed by atoms with Crippen molar-refractivity contribution in [1.29, 1.82) is 0 Å². The summed E-state index contributed by atoms with van der Waals surface area (Å²) < 4.78 is 7.20. The van der Waals surface area contributed by atoms with Crippen LogP contribution in [0.2, 0.25) is 5.32 Å². The number of para-hydroxylation sites is 1. The Morgan fingerprint density at radius 2 is 2.14 bits per heavy atom. The van der Waals surface area contributed by atoms with Crippen LogP contribution in [0, 0.1) is 0 Å². The normalized spacial score (nSPS) is 14.3. The van der Waals surface area contributed by atoms with Crippen molar-refractivity contribution < 1.29 is 4.42 Å². The van der Waals surface area contributed by atoms with Crippen LogP contribution < -0.4 is 4.46 Å². The van der Waals surface area contributed by atoms with Gasteiger partial charge in [-0.3, -0.25) is 0 Å². The summed E-state index contributed by atoms with van der Waals surface area (Å²) in [6.07, 6.45) is 4.29. The molecular formula is C12H9OSe+. The fourth-order valence-electron chi connectivity index (χ4n) is 1.60. The summed E-state index contributed by atoms with van der Waals surface area (Å²) in [5, 5.41) is 2.40. The zero-order chi connectivity index (χ0) is 9.38. The summed E-state index contributed by atoms with van der Waals surface area (Å²) in [6.45, 7) is 0. The summed E-state index contributed by atoms with van der Waals surface area (Å²) in [6, 6.07) is 10.4. The van der Waals surface area contributed by atoms with Crippen LogP contribution in [0.1, 0.15) is 5.76 Å². The zero-order valence-corrected chi connectivity index (χ0v) is 9.28. The molecule has 0 aliphatic carbocycles. The monoisotopic (exact) mass is 249 g/mol. The van der Waals surface area contributed by atoms with Crippen molar-refractivity contribution in [2.24, 2.45) is 0 Å². The Bertz CT molecular complexity index is 517. The number of rotatable bonds is 0. The Labute approximate surface area is 88.6 Å². The predicted molar refractivity (Wildman–Crippen MR) is 59.9 cm³/mol. The minimum atomic E-state index is 0.553. The third-order valence-corrected chi connectivity index (χ3v) is 4.35. The molecule has 0 N–H and O–H groups in total. The van der Waals surface area contributed by atoms with Gasteiger partial charge in [-0.1, -0.05) is 0 Å². The van der Waals surface area contributed by atoms with E-state index in [-0.39, 0.29) is 0 Å². The topological polar surface area (TPSA) is 11.3 Å². The quantitative estimate of drug-likeness (QED) is 0.515. The Morgan fingerprint density at radius 1 is 1.21 bits per heavy atom. The van der Waals surface area contributed by atoms with Gasteiger partial charge in [0.15, 0.2) is 0 Å². The van der Waals surface area contributed by atoms with E-state index in [9.17, 15) is 0 Å². The molecule has 1 aromatic carbocycles. The van der Waals surface area contributed by atoms with Gasteiger partial charge in [-0.05, 0) is 0 Å². The van der Waals surface area contributed by atoms with Gasteiger partial charge in [-0.25, -0.2) is 0 Å². The molecule has 0 unspecified atom stereocenters. The van der Waals surface area contributed by atoms with Crippen molar-refractivity contribution in [1.82, 2.24) is 0 Å². The fourth-order valence-corrected chi connectivity index (χ4v) is 3.35. The molecule has 1 aliphatic heterocycles. The summed E-state index contributed by atoms with van der Waals surface area (Å²) in [5.41, 5.74) is 0.980. The number of hydrogen-bond acceptors (Lipinski definition) is 0. The first-order chi connectivity index (χ1) is 6.93. The number of benzene rings is 1. The third kappa shape index (κ3) is 1.28. The molecule has 14 heavy (non-hydrogen) atoms. The van der Waals surface area contributed by atoms with Crippen LogP contribution in [0.5, 0.6) is 0 Å². The molecule has 2 heterocycles. The molecule has 1 aromatic heterocycles. The Hall–Kier alpha value is -1.11. The number of fused-ring (bicyclic) bond motifs is 2. The van der Waals surface area contributed by atoms with Crippen molar-refractivity contribution in [3.8, 4) is 0 Å². The molecule has 0 amide bonds. The summed E-state index contributed by atoms with van der Waals surface area (Å²) in [4.78, 5) is 0. The molecular weight excluding hydrogens is 239 g/mol. The Kier molecular flexibility index (Phi) is 1.90. The van der Waals surface area contributed by atoms with Crippen LogP contribution in [0.25, 0.3) is 17.0 Å². The molecule has 0 saturated heterocycles. The molecule has 0 radical (unpaired) electrons. The van der Waals surface area contributed by atoms with Gasteiger partial charge in [0, 0.05) is 0 Å². The first-order valence-electron chi connectivity index (χ1n) is 4.59. The Morgan fingerprint density at radius 3 is 3.14 bits per heavy atom. The van der Waals surface area contributed by atoms with Gasteiger partial charge in [0.25, 0.3) is 0 Å². The molecule has 0 atom stereocenters. The van der Waals surface area contributed by atoms with Crippen molar-refractivity contribution in [3.05, 3.63) is 42.2 Å². The van der Waals surface area contributed by atoms with Gasteiger partial charge in [-0.15, -0.1) is 0 Å². The molecule has 1 aliphatic rings. The molecule has 68 valence electrons. The minimum absolute atomic E-state index is 0.553. The second-order valence-electron chi connectivity index (χ2n) is 3.23. The number of allylic oxidation sites excluding steroid dienone is 1. The van der Waals surface area contributed by atoms with E-state index >= 15 is 0 Å². The van der Waals surface area contributed by atoms with E-state index < -0.39 is 0 Å². The summed E-state index contributed by atoms with van der Waals surface area (Å²) in [5.74, 6) is 1.05. The van der Waals surface area contributed by atoms with Crippen molar-refractivity contribution in [2.45, 2.75) is 5.32 Å². The molecule has 2 aromatic rings. The van der Waals surface area contributed by atoms with Crippen LogP contribution in [0.15, 0.2) is 40.8 Å². The van der Waals surface area contributed by atoms with Crippen molar-refractivity contribution in [2.75, 3.05) is 0 Å². The average Bonchev–Trinajstić information content (AvgIpc) is 2.26. The van der Waals surface area contributed by atoms with E-state index in [2.05, 4.69) is 30.4 Å². The molecule has 0 fully saturated rings. The molecule has 0 spiro atoms. The predicted octanol–water partition coefficient (Wildman–Crippen LogP) is 2.49. The van der Waals surface area contributed by atoms with Crippen LogP contribution >= 0.6 is 0 Å². The molecule has 0 saturated carbocycles. The van der Waals surface area contributed by atoms with Gasteiger partial charge in [0.1, 0.15) is 0 Å². The van der Waals surface area contributed by atoms with E-state index in [0.717, 1.165) is 11.3 Å². The maximum atomic E-state index is 5.81. The van der Waals surface area contributed by atoms with Crippen LogP contribution in [-0.2, 0) is 0 Å². The first kappa shape index (κ1) is 8.22. The van der Waals surface area contributed by atoms with E-state index in [1.54, 1.807) is 0 Å². The maximum absolute atomic E-state index is 5.81. The summed E-state index contributed by atoms with van der Waals surface area (Å²) in [7, 11) is 0. The Balaban J connectivity index is 2.34. The zero-order valence-electron chi connectivity index (χ0n) is 7.57. The fraction of sp³-hybridized carbons (Fsp3) is 0.0833. The molecule has 3 rings (SSSR count). The van der Waals surface area contributed by atoms with Crippen LogP contribution in [0.3, 0.4) is 0 Å². The van der Waals surface area contributed by atoms with Gasteiger partial charge in [-0.2, -0.15) is 0 Å². The third-order valence-electron chi connectivity index (χ3n) is 2.27. The van der Waals surface area contributed by atoms with Crippen LogP contribution in [-0.4, -0.2) is 15.0 Å². The molecule has 2 heteroatoms. The van der Waals surface area contributed by atoms with Crippen LogP contribution in [0.4, 0.5) is 0 Å². The average molecular weight is 248 g/mol. The molecule has 0 bridgehead atoms. The second-order valence-corrected chi connectivity index (χ2v) is 5.45. The van der Waals surface area contributed by atoms with Gasteiger partial charge in [0.05, 0.1) is 0 Å². The molecule has 1 nitrogen and oxygen atoms in total. The standard InChI is InChI=1S/C12H9OSe/c1-2-5-10-9(4-1)8-12-11(13-10)6-3-7-14-12/h1-6,8H,7H2/q+1. The number of hydrogen-bond donors (Lipinski definition) is 0. The van der Waals surface area contributed by atoms with Crippen molar-refractivity contribution >= 4 is 36.5 Å². The van der Waals surface area contributed by atoms with Gasteiger partial charge >= 0.3 is 88.4 Å². The first-order valence-corrected chi connectivity index (χ1v) is 6.65. The van der Waals surface area contributed by atoms with E-state index in [0.29, 0.717) is 15.0 Å². The summed E-state index contributed by atoms with van der Waals surface area (Å²) >= 11 is 0.553. The van der Waals surface area contributed by atoms with Crippen molar-refractivity contribution in [3.63, 3.8) is 0 Å². The van der Waals surface area contributed by atoms with Gasteiger partial charge in [0.2, 0.25) is 0 Å². The SMILES string of the molecule is C1=Cc2[o+]c3ccccc3cc2[Se]C1. The van der Waals surface area contributed by atoms with E-state index in [4.69, 9.17) is 4.42 Å². The second kappa shape index (κ2) is 3.23. The van der Waals surface area contributed by atoms with E-state index in [1.165, 1.54) is 15.2 Å².